The summed E-state index contributed by atoms with van der Waals surface area (Å²) in [4.78, 5) is 2.04. The Kier molecular flexibility index (Phi) is 4.65. The lowest BCUT2D eigenvalue weighted by Crippen LogP contribution is -2.26. The average molecular weight is 249 g/mol. The Hall–Kier alpha value is -0.710. The molecule has 0 saturated carbocycles. The molecule has 0 radical (unpaired) electrons. The normalized spacial score (nSPS) is 20.8. The van der Waals surface area contributed by atoms with Crippen molar-refractivity contribution in [3.63, 3.8) is 0 Å². The van der Waals surface area contributed by atoms with E-state index < -0.39 is 11.6 Å². The van der Waals surface area contributed by atoms with Crippen molar-refractivity contribution in [2.75, 3.05) is 13.1 Å². The van der Waals surface area contributed by atoms with Gasteiger partial charge in [-0.3, -0.25) is 4.90 Å². The van der Waals surface area contributed by atoms with E-state index in [0.29, 0.717) is 12.1 Å². The predicted octanol–water partition coefficient (Wildman–Crippen LogP) is 1.92. The van der Waals surface area contributed by atoms with E-state index in [9.17, 15) is 8.78 Å². The molecular formula is C11H15ClF2N2. The Balaban J connectivity index is 0.00000128. The smallest absolute Gasteiger partial charge is 0.163 e. The molecule has 1 aromatic carbocycles. The van der Waals surface area contributed by atoms with Gasteiger partial charge < -0.3 is 5.73 Å². The molecule has 2 rings (SSSR count). The van der Waals surface area contributed by atoms with Crippen LogP contribution >= 0.6 is 12.4 Å². The van der Waals surface area contributed by atoms with Gasteiger partial charge in [0.15, 0.2) is 11.6 Å². The zero-order chi connectivity index (χ0) is 10.8. The topological polar surface area (TPSA) is 29.3 Å². The van der Waals surface area contributed by atoms with Gasteiger partial charge in [0, 0.05) is 31.2 Å². The van der Waals surface area contributed by atoms with Gasteiger partial charge in [0.2, 0.25) is 0 Å². The van der Waals surface area contributed by atoms with E-state index >= 15 is 0 Å². The Morgan fingerprint density at radius 1 is 1.38 bits per heavy atom. The average Bonchev–Trinajstić information content (AvgIpc) is 2.59. The second kappa shape index (κ2) is 5.57. The molecule has 0 amide bonds. The van der Waals surface area contributed by atoms with Gasteiger partial charge in [0.05, 0.1) is 0 Å². The number of hydrogen-bond acceptors (Lipinski definition) is 2. The minimum absolute atomic E-state index is 0. The molecule has 0 aliphatic carbocycles. The summed E-state index contributed by atoms with van der Waals surface area (Å²) in [6.07, 6.45) is 0.928. The van der Waals surface area contributed by atoms with Crippen molar-refractivity contribution in [1.82, 2.24) is 4.90 Å². The number of nitrogens with two attached hydrogens (primary N) is 1. The molecule has 5 heteroatoms. The first kappa shape index (κ1) is 13.4. The number of rotatable bonds is 2. The van der Waals surface area contributed by atoms with Gasteiger partial charge in [-0.05, 0) is 12.5 Å². The third kappa shape index (κ3) is 2.90. The van der Waals surface area contributed by atoms with Crippen LogP contribution in [0.15, 0.2) is 18.2 Å². The molecule has 2 N–H and O–H groups in total. The van der Waals surface area contributed by atoms with E-state index in [1.165, 1.54) is 6.07 Å². The van der Waals surface area contributed by atoms with E-state index in [-0.39, 0.29) is 18.4 Å². The monoisotopic (exact) mass is 248 g/mol. The molecular weight excluding hydrogens is 234 g/mol. The Morgan fingerprint density at radius 3 is 2.75 bits per heavy atom. The largest absolute Gasteiger partial charge is 0.326 e. The highest BCUT2D eigenvalue weighted by Crippen LogP contribution is 2.16. The molecule has 0 bridgehead atoms. The van der Waals surface area contributed by atoms with Crippen LogP contribution in [0.3, 0.4) is 0 Å². The lowest BCUT2D eigenvalue weighted by molar-refractivity contribution is 0.318. The summed E-state index contributed by atoms with van der Waals surface area (Å²) < 4.78 is 26.2. The first-order chi connectivity index (χ1) is 7.16. The van der Waals surface area contributed by atoms with Crippen LogP contribution in [-0.2, 0) is 6.54 Å². The van der Waals surface area contributed by atoms with Gasteiger partial charge in [-0.15, -0.1) is 12.4 Å². The van der Waals surface area contributed by atoms with Crippen LogP contribution < -0.4 is 5.73 Å². The van der Waals surface area contributed by atoms with E-state index in [2.05, 4.69) is 0 Å². The Bertz CT molecular complexity index is 360. The van der Waals surface area contributed by atoms with Gasteiger partial charge in [0.1, 0.15) is 0 Å². The summed E-state index contributed by atoms with van der Waals surface area (Å²) >= 11 is 0. The molecule has 1 aliphatic rings. The number of nitrogens with zero attached hydrogens (tertiary/aromatic N) is 1. The zero-order valence-electron chi connectivity index (χ0n) is 8.83. The van der Waals surface area contributed by atoms with Gasteiger partial charge in [0.25, 0.3) is 0 Å². The van der Waals surface area contributed by atoms with Crippen LogP contribution in [0.4, 0.5) is 8.78 Å². The quantitative estimate of drug-likeness (QED) is 0.867. The third-order valence-electron chi connectivity index (χ3n) is 2.73. The Labute approximate surface area is 99.8 Å². The number of halogens is 3. The lowest BCUT2D eigenvalue weighted by atomic mass is 10.2. The molecule has 1 heterocycles. The van der Waals surface area contributed by atoms with Crippen molar-refractivity contribution in [1.29, 1.82) is 0 Å². The van der Waals surface area contributed by atoms with Crippen LogP contribution in [-0.4, -0.2) is 24.0 Å². The van der Waals surface area contributed by atoms with E-state index in [1.807, 2.05) is 4.90 Å². The third-order valence-corrected chi connectivity index (χ3v) is 2.73. The molecule has 0 aromatic heterocycles. The van der Waals surface area contributed by atoms with E-state index in [4.69, 9.17) is 5.73 Å². The SMILES string of the molecule is Cl.N[C@H]1CCN(Cc2cccc(F)c2F)C1. The molecule has 1 aromatic rings. The number of benzene rings is 1. The maximum Gasteiger partial charge on any atom is 0.163 e. The van der Waals surface area contributed by atoms with E-state index in [1.54, 1.807) is 6.07 Å². The fourth-order valence-electron chi connectivity index (χ4n) is 1.92. The predicted molar refractivity (Wildman–Crippen MR) is 61.5 cm³/mol. The van der Waals surface area contributed by atoms with Gasteiger partial charge >= 0.3 is 0 Å². The molecule has 90 valence electrons. The van der Waals surface area contributed by atoms with Crippen molar-refractivity contribution in [3.8, 4) is 0 Å². The summed E-state index contributed by atoms with van der Waals surface area (Å²) in [6, 6.07) is 4.45. The van der Waals surface area contributed by atoms with Crippen LogP contribution in [0, 0.1) is 11.6 Å². The van der Waals surface area contributed by atoms with Crippen molar-refractivity contribution >= 4 is 12.4 Å². The fraction of sp³-hybridized carbons (Fsp3) is 0.455. The highest BCUT2D eigenvalue weighted by molar-refractivity contribution is 5.85. The summed E-state index contributed by atoms with van der Waals surface area (Å²) in [7, 11) is 0. The van der Waals surface area contributed by atoms with Gasteiger partial charge in [-0.1, -0.05) is 12.1 Å². The number of likely N-dealkylation sites (tertiary alicyclic amines) is 1. The molecule has 1 atom stereocenters. The van der Waals surface area contributed by atoms with Crippen molar-refractivity contribution in [2.45, 2.75) is 19.0 Å². The highest BCUT2D eigenvalue weighted by Gasteiger charge is 2.20. The summed E-state index contributed by atoms with van der Waals surface area (Å²) in [5.74, 6) is -1.52. The minimum atomic E-state index is -0.781. The molecule has 0 spiro atoms. The van der Waals surface area contributed by atoms with Crippen molar-refractivity contribution in [3.05, 3.63) is 35.4 Å². The first-order valence-corrected chi connectivity index (χ1v) is 5.07. The maximum absolute atomic E-state index is 13.3. The zero-order valence-corrected chi connectivity index (χ0v) is 9.64. The molecule has 1 fully saturated rings. The van der Waals surface area contributed by atoms with Gasteiger partial charge in [-0.2, -0.15) is 0 Å². The standard InChI is InChI=1S/C11H14F2N2.ClH/c12-10-3-1-2-8(11(10)13)6-15-5-4-9(14)7-15;/h1-3,9H,4-7,14H2;1H/t9-;/m0./s1. The molecule has 16 heavy (non-hydrogen) atoms. The van der Waals surface area contributed by atoms with E-state index in [0.717, 1.165) is 25.6 Å². The number of hydrogen-bond donors (Lipinski definition) is 1. The second-order valence-corrected chi connectivity index (χ2v) is 4.00. The summed E-state index contributed by atoms with van der Waals surface area (Å²) in [5, 5.41) is 0. The summed E-state index contributed by atoms with van der Waals surface area (Å²) in [6.45, 7) is 2.06. The second-order valence-electron chi connectivity index (χ2n) is 4.00. The van der Waals surface area contributed by atoms with Crippen molar-refractivity contribution < 1.29 is 8.78 Å². The van der Waals surface area contributed by atoms with Crippen LogP contribution in [0.5, 0.6) is 0 Å². The highest BCUT2D eigenvalue weighted by atomic mass is 35.5. The maximum atomic E-state index is 13.3. The van der Waals surface area contributed by atoms with Gasteiger partial charge in [-0.25, -0.2) is 8.78 Å². The van der Waals surface area contributed by atoms with Crippen LogP contribution in [0.1, 0.15) is 12.0 Å². The van der Waals surface area contributed by atoms with Crippen LogP contribution in [0.25, 0.3) is 0 Å². The molecule has 1 aliphatic heterocycles. The van der Waals surface area contributed by atoms with Crippen LogP contribution in [0.2, 0.25) is 0 Å². The first-order valence-electron chi connectivity index (χ1n) is 5.07. The fourth-order valence-corrected chi connectivity index (χ4v) is 1.92. The minimum Gasteiger partial charge on any atom is -0.326 e. The lowest BCUT2D eigenvalue weighted by Gasteiger charge is -2.15. The molecule has 1 saturated heterocycles. The van der Waals surface area contributed by atoms with Crippen molar-refractivity contribution in [2.24, 2.45) is 5.73 Å². The summed E-state index contributed by atoms with van der Waals surface area (Å²) in [5.41, 5.74) is 6.14. The molecule has 2 nitrogen and oxygen atoms in total. The Morgan fingerprint density at radius 2 is 2.12 bits per heavy atom. The molecule has 0 unspecified atom stereocenters.